The van der Waals surface area contributed by atoms with Crippen LogP contribution in [0.1, 0.15) is 133 Å². The van der Waals surface area contributed by atoms with Gasteiger partial charge in [0.25, 0.3) is 0 Å². The van der Waals surface area contributed by atoms with Crippen LogP contribution in [0.5, 0.6) is 17.2 Å². The second-order valence-corrected chi connectivity index (χ2v) is 15.8. The third kappa shape index (κ3) is 6.85. The third-order valence-corrected chi connectivity index (χ3v) is 7.90. The van der Waals surface area contributed by atoms with Crippen molar-refractivity contribution in [3.05, 3.63) is 86.5 Å². The van der Waals surface area contributed by atoms with E-state index in [4.69, 9.17) is 0 Å². The van der Waals surface area contributed by atoms with Crippen LogP contribution in [0.4, 0.5) is 0 Å². The molecule has 40 heavy (non-hydrogen) atoms. The number of rotatable bonds is 4. The van der Waals surface area contributed by atoms with Crippen molar-refractivity contribution in [1.82, 2.24) is 0 Å². The van der Waals surface area contributed by atoms with Crippen molar-refractivity contribution in [3.8, 4) is 17.2 Å². The van der Waals surface area contributed by atoms with E-state index >= 15 is 0 Å². The Hall–Kier alpha value is -2.94. The van der Waals surface area contributed by atoms with E-state index in [1.54, 1.807) is 0 Å². The van der Waals surface area contributed by atoms with Gasteiger partial charge in [-0.2, -0.15) is 0 Å². The minimum Gasteiger partial charge on any atom is -0.508 e. The SMILES string of the molecule is Cc1cc(Cc2cc(C(C)(C)C)c(O)c(C(C)(C)C)c2)c(O)cc1Cc1cc(C(C)(C)C)c(O)c(C(C)(C)C)c1. The van der Waals surface area contributed by atoms with Gasteiger partial charge in [-0.3, -0.25) is 0 Å². The first kappa shape index (κ1) is 31.6. The zero-order valence-electron chi connectivity index (χ0n) is 27.2. The standard InChI is InChI=1S/C37H52O3/c1-22-14-26(16-24-19-29(36(8,9)10)33(40)30(20-24)37(11,12)13)31(38)21-25(22)15-23-17-27(34(2,3)4)32(39)28(18-23)35(5,6)7/h14,17-21,38-40H,15-16H2,1-13H3. The molecule has 0 unspecified atom stereocenters. The number of phenolic OH excluding ortho intramolecular Hbond substituents is 3. The van der Waals surface area contributed by atoms with Gasteiger partial charge in [0.1, 0.15) is 17.2 Å². The monoisotopic (exact) mass is 544 g/mol. The van der Waals surface area contributed by atoms with E-state index in [0.717, 1.165) is 50.1 Å². The summed E-state index contributed by atoms with van der Waals surface area (Å²) in [6.07, 6.45) is 1.26. The number of aromatic hydroxyl groups is 3. The molecule has 0 radical (unpaired) electrons. The summed E-state index contributed by atoms with van der Waals surface area (Å²) in [7, 11) is 0. The Balaban J connectivity index is 2.05. The van der Waals surface area contributed by atoms with Crippen molar-refractivity contribution in [2.45, 2.75) is 125 Å². The van der Waals surface area contributed by atoms with Crippen LogP contribution >= 0.6 is 0 Å². The molecule has 3 aromatic carbocycles. The third-order valence-electron chi connectivity index (χ3n) is 7.90. The highest BCUT2D eigenvalue weighted by atomic mass is 16.3. The number of phenols is 3. The summed E-state index contributed by atoms with van der Waals surface area (Å²) in [5, 5.41) is 33.4. The highest BCUT2D eigenvalue weighted by Crippen LogP contribution is 2.42. The summed E-state index contributed by atoms with van der Waals surface area (Å²) < 4.78 is 0. The summed E-state index contributed by atoms with van der Waals surface area (Å²) in [5.41, 5.74) is 8.26. The van der Waals surface area contributed by atoms with Crippen LogP contribution in [0.25, 0.3) is 0 Å². The lowest BCUT2D eigenvalue weighted by molar-refractivity contribution is 0.422. The smallest absolute Gasteiger partial charge is 0.123 e. The zero-order valence-corrected chi connectivity index (χ0v) is 27.2. The fourth-order valence-corrected chi connectivity index (χ4v) is 5.45. The van der Waals surface area contributed by atoms with E-state index < -0.39 is 0 Å². The van der Waals surface area contributed by atoms with E-state index in [-0.39, 0.29) is 27.4 Å². The van der Waals surface area contributed by atoms with E-state index in [0.29, 0.717) is 24.3 Å². The highest BCUT2D eigenvalue weighted by molar-refractivity contribution is 5.54. The van der Waals surface area contributed by atoms with Gasteiger partial charge in [0.05, 0.1) is 0 Å². The summed E-state index contributed by atoms with van der Waals surface area (Å²) in [6.45, 7) is 27.6. The summed E-state index contributed by atoms with van der Waals surface area (Å²) >= 11 is 0. The molecule has 0 aliphatic heterocycles. The van der Waals surface area contributed by atoms with Gasteiger partial charge in [0.15, 0.2) is 0 Å². The molecule has 0 spiro atoms. The lowest BCUT2D eigenvalue weighted by atomic mass is 9.77. The number of hydrogen-bond donors (Lipinski definition) is 3. The highest BCUT2D eigenvalue weighted by Gasteiger charge is 2.28. The lowest BCUT2D eigenvalue weighted by Gasteiger charge is -2.28. The number of hydrogen-bond acceptors (Lipinski definition) is 3. The number of aryl methyl sites for hydroxylation is 1. The largest absolute Gasteiger partial charge is 0.508 e. The Morgan fingerprint density at radius 3 is 1.05 bits per heavy atom. The normalized spacial score (nSPS) is 13.1. The second kappa shape index (κ2) is 10.5. The van der Waals surface area contributed by atoms with Gasteiger partial charge in [0.2, 0.25) is 0 Å². The van der Waals surface area contributed by atoms with Gasteiger partial charge in [-0.1, -0.05) is 113 Å². The van der Waals surface area contributed by atoms with Gasteiger partial charge in [-0.25, -0.2) is 0 Å². The van der Waals surface area contributed by atoms with Crippen LogP contribution in [0.2, 0.25) is 0 Å². The van der Waals surface area contributed by atoms with Crippen molar-refractivity contribution in [3.63, 3.8) is 0 Å². The average Bonchev–Trinajstić information content (AvgIpc) is 2.76. The molecular weight excluding hydrogens is 492 g/mol. The van der Waals surface area contributed by atoms with Crippen LogP contribution in [-0.2, 0) is 34.5 Å². The van der Waals surface area contributed by atoms with Crippen molar-refractivity contribution >= 4 is 0 Å². The van der Waals surface area contributed by atoms with E-state index in [2.05, 4.69) is 120 Å². The maximum absolute atomic E-state index is 11.2. The molecule has 3 N–H and O–H groups in total. The fraction of sp³-hybridized carbons (Fsp3) is 0.514. The molecule has 0 saturated heterocycles. The van der Waals surface area contributed by atoms with Gasteiger partial charge < -0.3 is 15.3 Å². The molecule has 0 aromatic heterocycles. The first-order valence-corrected chi connectivity index (χ1v) is 14.5. The van der Waals surface area contributed by atoms with Gasteiger partial charge in [-0.05, 0) is 91.1 Å². The molecular formula is C37H52O3. The number of benzene rings is 3. The molecule has 0 amide bonds. The average molecular weight is 545 g/mol. The van der Waals surface area contributed by atoms with E-state index in [1.165, 1.54) is 0 Å². The minimum atomic E-state index is -0.205. The maximum Gasteiger partial charge on any atom is 0.123 e. The Labute approximate surface area is 243 Å². The predicted molar refractivity (Wildman–Crippen MR) is 169 cm³/mol. The molecule has 0 heterocycles. The van der Waals surface area contributed by atoms with Crippen molar-refractivity contribution in [1.29, 1.82) is 0 Å². The predicted octanol–water partition coefficient (Wildman–Crippen LogP) is 9.48. The van der Waals surface area contributed by atoms with Crippen LogP contribution in [0.3, 0.4) is 0 Å². The Bertz CT molecular complexity index is 1220. The molecule has 3 heteroatoms. The molecule has 0 fully saturated rings. The van der Waals surface area contributed by atoms with Crippen molar-refractivity contribution in [2.24, 2.45) is 0 Å². The molecule has 0 aliphatic rings. The molecule has 0 atom stereocenters. The van der Waals surface area contributed by atoms with E-state index in [1.807, 2.05) is 6.07 Å². The summed E-state index contributed by atoms with van der Waals surface area (Å²) in [6, 6.07) is 12.4. The van der Waals surface area contributed by atoms with Gasteiger partial charge in [-0.15, -0.1) is 0 Å². The molecule has 218 valence electrons. The zero-order chi connectivity index (χ0) is 30.6. The Kier molecular flexibility index (Phi) is 8.27. The lowest BCUT2D eigenvalue weighted by Crippen LogP contribution is -2.18. The van der Waals surface area contributed by atoms with E-state index in [9.17, 15) is 15.3 Å². The molecule has 3 rings (SSSR count). The molecule has 0 aliphatic carbocycles. The first-order chi connectivity index (χ1) is 18.0. The van der Waals surface area contributed by atoms with Crippen molar-refractivity contribution in [2.75, 3.05) is 0 Å². The molecule has 3 nitrogen and oxygen atoms in total. The van der Waals surface area contributed by atoms with Crippen LogP contribution < -0.4 is 0 Å². The second-order valence-electron chi connectivity index (χ2n) is 15.8. The van der Waals surface area contributed by atoms with Crippen molar-refractivity contribution < 1.29 is 15.3 Å². The quantitative estimate of drug-likeness (QED) is 0.306. The fourth-order valence-electron chi connectivity index (χ4n) is 5.45. The Morgan fingerprint density at radius 2 is 0.750 bits per heavy atom. The topological polar surface area (TPSA) is 60.7 Å². The van der Waals surface area contributed by atoms with Gasteiger partial charge in [0, 0.05) is 6.42 Å². The molecule has 3 aromatic rings. The molecule has 0 saturated carbocycles. The van der Waals surface area contributed by atoms with Crippen LogP contribution in [0.15, 0.2) is 36.4 Å². The Morgan fingerprint density at radius 1 is 0.450 bits per heavy atom. The summed E-state index contributed by atoms with van der Waals surface area (Å²) in [4.78, 5) is 0. The van der Waals surface area contributed by atoms with Crippen LogP contribution in [0, 0.1) is 6.92 Å². The summed E-state index contributed by atoms with van der Waals surface area (Å²) in [5.74, 6) is 1.05. The van der Waals surface area contributed by atoms with Gasteiger partial charge >= 0.3 is 0 Å². The maximum atomic E-state index is 11.2. The van der Waals surface area contributed by atoms with Crippen LogP contribution in [-0.4, -0.2) is 15.3 Å². The molecule has 0 bridgehead atoms. The minimum absolute atomic E-state index is 0.191. The first-order valence-electron chi connectivity index (χ1n) is 14.5.